The summed E-state index contributed by atoms with van der Waals surface area (Å²) in [5, 5.41) is 3.52. The molecule has 0 saturated carbocycles. The zero-order valence-electron chi connectivity index (χ0n) is 13.1. The highest BCUT2D eigenvalue weighted by molar-refractivity contribution is 5.25. The minimum Gasteiger partial charge on any atom is -0.380 e. The van der Waals surface area contributed by atoms with Crippen molar-refractivity contribution in [3.05, 3.63) is 35.4 Å². The highest BCUT2D eigenvalue weighted by atomic mass is 16.5. The Hall–Kier alpha value is -0.900. The van der Waals surface area contributed by atoms with Gasteiger partial charge in [-0.2, -0.15) is 0 Å². The molecule has 0 aromatic heterocycles. The van der Waals surface area contributed by atoms with E-state index in [1.807, 2.05) is 0 Å². The molecule has 1 aliphatic rings. The second-order valence-corrected chi connectivity index (χ2v) is 5.81. The zero-order chi connectivity index (χ0) is 14.4. The van der Waals surface area contributed by atoms with Gasteiger partial charge in [-0.05, 0) is 56.6 Å². The van der Waals surface area contributed by atoms with Crippen molar-refractivity contribution < 1.29 is 4.74 Å². The third-order valence-electron chi connectivity index (χ3n) is 4.30. The summed E-state index contributed by atoms with van der Waals surface area (Å²) >= 11 is 0. The van der Waals surface area contributed by atoms with Crippen LogP contribution in [0.3, 0.4) is 0 Å². The summed E-state index contributed by atoms with van der Waals surface area (Å²) in [5.41, 5.74) is 2.69. The Morgan fingerprint density at radius 1 is 1.30 bits per heavy atom. The maximum atomic E-state index is 5.19. The molecule has 3 nitrogen and oxygen atoms in total. The van der Waals surface area contributed by atoms with Crippen LogP contribution in [0.25, 0.3) is 0 Å². The summed E-state index contributed by atoms with van der Waals surface area (Å²) in [6, 6.07) is 9.50. The Morgan fingerprint density at radius 2 is 2.05 bits per heavy atom. The number of nitrogens with one attached hydrogen (secondary N) is 1. The second-order valence-electron chi connectivity index (χ2n) is 5.81. The number of rotatable bonds is 6. The van der Waals surface area contributed by atoms with E-state index in [0.29, 0.717) is 18.6 Å². The van der Waals surface area contributed by atoms with E-state index in [9.17, 15) is 0 Å². The Labute approximate surface area is 123 Å². The molecule has 2 atom stereocenters. The SMILES string of the molecule is CCNCC1CCCN(C)C1c1ccc(COC)cc1. The Kier molecular flexibility index (Phi) is 6.02. The summed E-state index contributed by atoms with van der Waals surface area (Å²) in [6.07, 6.45) is 2.63. The van der Waals surface area contributed by atoms with Gasteiger partial charge in [-0.3, -0.25) is 4.90 Å². The first-order valence-corrected chi connectivity index (χ1v) is 7.75. The molecule has 1 heterocycles. The first-order valence-electron chi connectivity index (χ1n) is 7.75. The lowest BCUT2D eigenvalue weighted by Gasteiger charge is -2.39. The van der Waals surface area contributed by atoms with Gasteiger partial charge in [0, 0.05) is 13.2 Å². The van der Waals surface area contributed by atoms with E-state index in [2.05, 4.69) is 48.5 Å². The summed E-state index contributed by atoms with van der Waals surface area (Å²) < 4.78 is 5.19. The van der Waals surface area contributed by atoms with Crippen LogP contribution in [0, 0.1) is 5.92 Å². The molecule has 1 saturated heterocycles. The van der Waals surface area contributed by atoms with Crippen LogP contribution in [0.5, 0.6) is 0 Å². The highest BCUT2D eigenvalue weighted by Gasteiger charge is 2.29. The van der Waals surface area contributed by atoms with E-state index >= 15 is 0 Å². The molecule has 1 aromatic carbocycles. The number of ether oxygens (including phenoxy) is 1. The lowest BCUT2D eigenvalue weighted by molar-refractivity contribution is 0.120. The van der Waals surface area contributed by atoms with E-state index < -0.39 is 0 Å². The molecule has 0 amide bonds. The van der Waals surface area contributed by atoms with Crippen LogP contribution in [-0.2, 0) is 11.3 Å². The molecule has 2 rings (SSSR count). The van der Waals surface area contributed by atoms with Gasteiger partial charge in [0.05, 0.1) is 6.61 Å². The topological polar surface area (TPSA) is 24.5 Å². The van der Waals surface area contributed by atoms with Gasteiger partial charge in [-0.1, -0.05) is 31.2 Å². The quantitative estimate of drug-likeness (QED) is 0.864. The van der Waals surface area contributed by atoms with Crippen LogP contribution in [0.2, 0.25) is 0 Å². The van der Waals surface area contributed by atoms with E-state index in [1.165, 1.54) is 30.5 Å². The fourth-order valence-electron chi connectivity index (χ4n) is 3.31. The summed E-state index contributed by atoms with van der Waals surface area (Å²) in [7, 11) is 4.00. The highest BCUT2D eigenvalue weighted by Crippen LogP contribution is 2.34. The van der Waals surface area contributed by atoms with Gasteiger partial charge >= 0.3 is 0 Å². The van der Waals surface area contributed by atoms with Crippen LogP contribution in [0.15, 0.2) is 24.3 Å². The van der Waals surface area contributed by atoms with Crippen LogP contribution >= 0.6 is 0 Å². The molecule has 0 aliphatic carbocycles. The molecule has 1 N–H and O–H groups in total. The molecule has 0 bridgehead atoms. The number of likely N-dealkylation sites (tertiary alicyclic amines) is 1. The normalized spacial score (nSPS) is 23.9. The third-order valence-corrected chi connectivity index (χ3v) is 4.30. The fourth-order valence-corrected chi connectivity index (χ4v) is 3.31. The van der Waals surface area contributed by atoms with Crippen LogP contribution in [-0.4, -0.2) is 38.7 Å². The molecule has 20 heavy (non-hydrogen) atoms. The number of methoxy groups -OCH3 is 1. The van der Waals surface area contributed by atoms with Crippen LogP contribution in [0.4, 0.5) is 0 Å². The van der Waals surface area contributed by atoms with Crippen molar-refractivity contribution in [1.82, 2.24) is 10.2 Å². The molecular formula is C17H28N2O. The summed E-state index contributed by atoms with van der Waals surface area (Å²) in [5.74, 6) is 0.710. The predicted molar refractivity (Wildman–Crippen MR) is 83.8 cm³/mol. The molecule has 2 unspecified atom stereocenters. The van der Waals surface area contributed by atoms with E-state index in [-0.39, 0.29) is 0 Å². The van der Waals surface area contributed by atoms with Gasteiger partial charge in [0.1, 0.15) is 0 Å². The number of benzene rings is 1. The average molecular weight is 276 g/mol. The van der Waals surface area contributed by atoms with E-state index in [1.54, 1.807) is 7.11 Å². The van der Waals surface area contributed by atoms with Crippen molar-refractivity contribution in [2.24, 2.45) is 5.92 Å². The number of hydrogen-bond donors (Lipinski definition) is 1. The lowest BCUT2D eigenvalue weighted by atomic mass is 9.84. The molecule has 1 aliphatic heterocycles. The summed E-state index contributed by atoms with van der Waals surface area (Å²) in [4.78, 5) is 2.51. The minimum atomic E-state index is 0.541. The first kappa shape index (κ1) is 15.5. The average Bonchev–Trinajstić information content (AvgIpc) is 2.47. The van der Waals surface area contributed by atoms with E-state index in [0.717, 1.165) is 13.1 Å². The maximum Gasteiger partial charge on any atom is 0.0713 e. The molecule has 3 heteroatoms. The smallest absolute Gasteiger partial charge is 0.0713 e. The largest absolute Gasteiger partial charge is 0.380 e. The molecule has 0 radical (unpaired) electrons. The number of nitrogens with zero attached hydrogens (tertiary/aromatic N) is 1. The standard InChI is InChI=1S/C17H28N2O/c1-4-18-12-16-6-5-11-19(2)17(16)15-9-7-14(8-10-15)13-20-3/h7-10,16-18H,4-6,11-13H2,1-3H3. The van der Waals surface area contributed by atoms with Crippen molar-refractivity contribution in [3.63, 3.8) is 0 Å². The molecule has 0 spiro atoms. The Morgan fingerprint density at radius 3 is 2.70 bits per heavy atom. The van der Waals surface area contributed by atoms with Crippen molar-refractivity contribution in [2.75, 3.05) is 33.8 Å². The van der Waals surface area contributed by atoms with Gasteiger partial charge in [0.2, 0.25) is 0 Å². The van der Waals surface area contributed by atoms with Crippen molar-refractivity contribution >= 4 is 0 Å². The predicted octanol–water partition coefficient (Wildman–Crippen LogP) is 2.83. The van der Waals surface area contributed by atoms with Crippen LogP contribution in [0.1, 0.15) is 36.9 Å². The van der Waals surface area contributed by atoms with Gasteiger partial charge in [-0.25, -0.2) is 0 Å². The van der Waals surface area contributed by atoms with Crippen molar-refractivity contribution in [1.29, 1.82) is 0 Å². The van der Waals surface area contributed by atoms with Crippen molar-refractivity contribution in [2.45, 2.75) is 32.4 Å². The Bertz CT molecular complexity index is 390. The van der Waals surface area contributed by atoms with Gasteiger partial charge in [0.15, 0.2) is 0 Å². The van der Waals surface area contributed by atoms with Crippen LogP contribution < -0.4 is 5.32 Å². The molecule has 1 aromatic rings. The van der Waals surface area contributed by atoms with E-state index in [4.69, 9.17) is 4.74 Å². The maximum absolute atomic E-state index is 5.19. The monoisotopic (exact) mass is 276 g/mol. The Balaban J connectivity index is 2.12. The summed E-state index contributed by atoms with van der Waals surface area (Å²) in [6.45, 7) is 6.25. The zero-order valence-corrected chi connectivity index (χ0v) is 13.1. The minimum absolute atomic E-state index is 0.541. The first-order chi connectivity index (χ1) is 9.76. The number of piperidine rings is 1. The van der Waals surface area contributed by atoms with Gasteiger partial charge in [-0.15, -0.1) is 0 Å². The lowest BCUT2D eigenvalue weighted by Crippen LogP contribution is -2.40. The fraction of sp³-hybridized carbons (Fsp3) is 0.647. The van der Waals surface area contributed by atoms with Gasteiger partial charge in [0.25, 0.3) is 0 Å². The second kappa shape index (κ2) is 7.77. The molecule has 112 valence electrons. The third kappa shape index (κ3) is 3.81. The molecule has 1 fully saturated rings. The van der Waals surface area contributed by atoms with Gasteiger partial charge < -0.3 is 10.1 Å². The molecular weight excluding hydrogens is 248 g/mol. The number of hydrogen-bond acceptors (Lipinski definition) is 3. The van der Waals surface area contributed by atoms with Crippen molar-refractivity contribution in [3.8, 4) is 0 Å².